The summed E-state index contributed by atoms with van der Waals surface area (Å²) in [6.45, 7) is 6.93. The highest BCUT2D eigenvalue weighted by atomic mass is 16.6. The fourth-order valence-corrected chi connectivity index (χ4v) is 2.49. The molecule has 0 bridgehead atoms. The van der Waals surface area contributed by atoms with Gasteiger partial charge in [-0.1, -0.05) is 30.3 Å². The van der Waals surface area contributed by atoms with Crippen molar-refractivity contribution in [3.8, 4) is 0 Å². The maximum Gasteiger partial charge on any atom is 0.408 e. The predicted molar refractivity (Wildman–Crippen MR) is 90.5 cm³/mol. The normalized spacial score (nSPS) is 16.4. The number of carbonyl (C=O) groups is 2. The van der Waals surface area contributed by atoms with Crippen molar-refractivity contribution in [3.63, 3.8) is 0 Å². The lowest BCUT2D eigenvalue weighted by Crippen LogP contribution is -2.52. The van der Waals surface area contributed by atoms with Crippen LogP contribution in [0.3, 0.4) is 0 Å². The molecule has 1 aromatic carbocycles. The average molecular weight is 334 g/mol. The van der Waals surface area contributed by atoms with E-state index >= 15 is 0 Å². The highest BCUT2D eigenvalue weighted by Gasteiger charge is 2.29. The number of nitrogens with one attached hydrogen (secondary N) is 1. The van der Waals surface area contributed by atoms with E-state index in [1.165, 1.54) is 0 Å². The van der Waals surface area contributed by atoms with E-state index in [2.05, 4.69) is 5.32 Å². The van der Waals surface area contributed by atoms with Gasteiger partial charge in [0.2, 0.25) is 5.91 Å². The van der Waals surface area contributed by atoms with E-state index in [-0.39, 0.29) is 12.6 Å². The van der Waals surface area contributed by atoms with Crippen LogP contribution in [0.2, 0.25) is 0 Å². The van der Waals surface area contributed by atoms with Crippen molar-refractivity contribution >= 4 is 12.0 Å². The highest BCUT2D eigenvalue weighted by molar-refractivity contribution is 5.86. The molecule has 0 aliphatic carbocycles. The molecule has 1 N–H and O–H groups in total. The Kier molecular flexibility index (Phi) is 6.20. The maximum atomic E-state index is 12.8. The molecule has 6 heteroatoms. The third kappa shape index (κ3) is 5.85. The number of hydrogen-bond acceptors (Lipinski definition) is 4. The summed E-state index contributed by atoms with van der Waals surface area (Å²) in [4.78, 5) is 26.5. The minimum Gasteiger partial charge on any atom is -0.444 e. The SMILES string of the molecule is CC(C)(C)OC(=O)N[C@@H](Cc1ccccc1)C(=O)N1CCCOC1. The fraction of sp³-hybridized carbons (Fsp3) is 0.556. The van der Waals surface area contributed by atoms with Crippen molar-refractivity contribution in [3.05, 3.63) is 35.9 Å². The summed E-state index contributed by atoms with van der Waals surface area (Å²) < 4.78 is 10.6. The van der Waals surface area contributed by atoms with Gasteiger partial charge in [-0.2, -0.15) is 0 Å². The van der Waals surface area contributed by atoms with Gasteiger partial charge in [0.1, 0.15) is 18.4 Å². The summed E-state index contributed by atoms with van der Waals surface area (Å²) in [6, 6.07) is 8.93. The number of ether oxygens (including phenoxy) is 2. The average Bonchev–Trinajstić information content (AvgIpc) is 2.53. The minimum atomic E-state index is -0.677. The second kappa shape index (κ2) is 8.15. The van der Waals surface area contributed by atoms with Gasteiger partial charge in [-0.25, -0.2) is 4.79 Å². The van der Waals surface area contributed by atoms with Crippen molar-refractivity contribution in [2.45, 2.75) is 45.3 Å². The third-order valence-electron chi connectivity index (χ3n) is 3.55. The van der Waals surface area contributed by atoms with E-state index in [0.29, 0.717) is 19.6 Å². The molecule has 1 aromatic rings. The molecule has 0 aromatic heterocycles. The number of nitrogens with zero attached hydrogens (tertiary/aromatic N) is 1. The van der Waals surface area contributed by atoms with Crippen molar-refractivity contribution < 1.29 is 19.1 Å². The van der Waals surface area contributed by atoms with Gasteiger partial charge >= 0.3 is 6.09 Å². The fourth-order valence-electron chi connectivity index (χ4n) is 2.49. The lowest BCUT2D eigenvalue weighted by atomic mass is 10.0. The summed E-state index contributed by atoms with van der Waals surface area (Å²) in [5.41, 5.74) is 0.364. The maximum absolute atomic E-state index is 12.8. The molecular weight excluding hydrogens is 308 g/mol. The van der Waals surface area contributed by atoms with E-state index in [1.807, 2.05) is 30.3 Å². The molecule has 6 nitrogen and oxygen atoms in total. The standard InChI is InChI=1S/C18H26N2O4/c1-18(2,3)24-17(22)19-15(12-14-8-5-4-6-9-14)16(21)20-10-7-11-23-13-20/h4-6,8-9,15H,7,10-13H2,1-3H3,(H,19,22)/t15-/m0/s1. The molecule has 1 fully saturated rings. The Morgan fingerprint density at radius 2 is 2.00 bits per heavy atom. The number of carbonyl (C=O) groups excluding carboxylic acids is 2. The summed E-state index contributed by atoms with van der Waals surface area (Å²) >= 11 is 0. The van der Waals surface area contributed by atoms with Crippen molar-refractivity contribution in [1.82, 2.24) is 10.2 Å². The van der Waals surface area contributed by atoms with Gasteiger partial charge in [-0.15, -0.1) is 0 Å². The Hall–Kier alpha value is -2.08. The molecule has 1 aliphatic heterocycles. The smallest absolute Gasteiger partial charge is 0.408 e. The first-order valence-electron chi connectivity index (χ1n) is 8.25. The van der Waals surface area contributed by atoms with Crippen LogP contribution >= 0.6 is 0 Å². The lowest BCUT2D eigenvalue weighted by Gasteiger charge is -2.31. The van der Waals surface area contributed by atoms with Gasteiger partial charge in [-0.3, -0.25) is 4.79 Å². The molecule has 1 aliphatic rings. The summed E-state index contributed by atoms with van der Waals surface area (Å²) in [7, 11) is 0. The topological polar surface area (TPSA) is 67.9 Å². The zero-order valence-electron chi connectivity index (χ0n) is 14.6. The second-order valence-electron chi connectivity index (χ2n) is 6.88. The number of benzene rings is 1. The van der Waals surface area contributed by atoms with Crippen molar-refractivity contribution in [2.24, 2.45) is 0 Å². The zero-order chi connectivity index (χ0) is 17.6. The van der Waals surface area contributed by atoms with Crippen LogP contribution in [0.1, 0.15) is 32.8 Å². The van der Waals surface area contributed by atoms with Crippen LogP contribution in [-0.4, -0.2) is 48.4 Å². The highest BCUT2D eigenvalue weighted by Crippen LogP contribution is 2.11. The molecule has 132 valence electrons. The van der Waals surface area contributed by atoms with Gasteiger partial charge < -0.3 is 19.7 Å². The number of alkyl carbamates (subject to hydrolysis) is 1. The van der Waals surface area contributed by atoms with Crippen LogP contribution in [-0.2, 0) is 20.7 Å². The van der Waals surface area contributed by atoms with E-state index in [9.17, 15) is 9.59 Å². The first-order chi connectivity index (χ1) is 11.3. The Bertz CT molecular complexity index is 548. The van der Waals surface area contributed by atoms with Crippen LogP contribution in [0.5, 0.6) is 0 Å². The van der Waals surface area contributed by atoms with E-state index in [0.717, 1.165) is 12.0 Å². The minimum absolute atomic E-state index is 0.149. The predicted octanol–water partition coefficient (Wildman–Crippen LogP) is 2.33. The molecule has 0 saturated carbocycles. The Labute approximate surface area is 143 Å². The molecule has 1 heterocycles. The molecule has 0 spiro atoms. The third-order valence-corrected chi connectivity index (χ3v) is 3.55. The zero-order valence-corrected chi connectivity index (χ0v) is 14.6. The first-order valence-corrected chi connectivity index (χ1v) is 8.25. The molecule has 0 unspecified atom stereocenters. The molecule has 24 heavy (non-hydrogen) atoms. The van der Waals surface area contributed by atoms with Gasteiger partial charge in [0.15, 0.2) is 0 Å². The molecule has 2 amide bonds. The van der Waals surface area contributed by atoms with Gasteiger partial charge in [0.25, 0.3) is 0 Å². The number of hydrogen-bond donors (Lipinski definition) is 1. The first kappa shape index (κ1) is 18.3. The van der Waals surface area contributed by atoms with E-state index < -0.39 is 17.7 Å². The van der Waals surface area contributed by atoms with Crippen molar-refractivity contribution in [2.75, 3.05) is 19.9 Å². The molecule has 1 saturated heterocycles. The van der Waals surface area contributed by atoms with Crippen LogP contribution < -0.4 is 5.32 Å². The van der Waals surface area contributed by atoms with Gasteiger partial charge in [0.05, 0.1) is 6.61 Å². The largest absolute Gasteiger partial charge is 0.444 e. The molecule has 1 atom stereocenters. The quantitative estimate of drug-likeness (QED) is 0.918. The van der Waals surface area contributed by atoms with Crippen LogP contribution in [0.25, 0.3) is 0 Å². The van der Waals surface area contributed by atoms with Crippen LogP contribution in [0.4, 0.5) is 4.79 Å². The summed E-state index contributed by atoms with van der Waals surface area (Å²) in [6.07, 6.45) is 0.626. The van der Waals surface area contributed by atoms with Crippen molar-refractivity contribution in [1.29, 1.82) is 0 Å². The van der Waals surface area contributed by atoms with Gasteiger partial charge in [-0.05, 0) is 32.8 Å². The summed E-state index contributed by atoms with van der Waals surface area (Å²) in [5, 5.41) is 2.71. The Morgan fingerprint density at radius 3 is 2.58 bits per heavy atom. The monoisotopic (exact) mass is 334 g/mol. The van der Waals surface area contributed by atoms with E-state index in [4.69, 9.17) is 9.47 Å². The lowest BCUT2D eigenvalue weighted by molar-refractivity contribution is -0.142. The Balaban J connectivity index is 2.08. The van der Waals surface area contributed by atoms with E-state index in [1.54, 1.807) is 25.7 Å². The second-order valence-corrected chi connectivity index (χ2v) is 6.88. The molecular formula is C18H26N2O4. The summed E-state index contributed by atoms with van der Waals surface area (Å²) in [5.74, 6) is -0.149. The van der Waals surface area contributed by atoms with Gasteiger partial charge in [0, 0.05) is 13.0 Å². The van der Waals surface area contributed by atoms with Crippen LogP contribution in [0, 0.1) is 0 Å². The number of rotatable bonds is 4. The molecule has 2 rings (SSSR count). The molecule has 0 radical (unpaired) electrons. The number of amides is 2. The van der Waals surface area contributed by atoms with Crippen LogP contribution in [0.15, 0.2) is 30.3 Å². The Morgan fingerprint density at radius 1 is 1.29 bits per heavy atom.